The van der Waals surface area contributed by atoms with Crippen LogP contribution in [0.25, 0.3) is 0 Å². The van der Waals surface area contributed by atoms with Crippen molar-refractivity contribution in [2.45, 2.75) is 55.8 Å². The fraction of sp³-hybridized carbons (Fsp3) is 0.500. The Balaban J connectivity index is 2.18. The molecule has 0 aromatic heterocycles. The summed E-state index contributed by atoms with van der Waals surface area (Å²) in [5, 5.41) is 0. The molecule has 0 radical (unpaired) electrons. The van der Waals surface area contributed by atoms with Crippen LogP contribution in [-0.4, -0.2) is 48.3 Å². The van der Waals surface area contributed by atoms with Gasteiger partial charge in [-0.1, -0.05) is 30.0 Å². The van der Waals surface area contributed by atoms with E-state index in [1.165, 1.54) is 32.5 Å². The predicted molar refractivity (Wildman–Crippen MR) is 93.3 cm³/mol. The van der Waals surface area contributed by atoms with Crippen LogP contribution in [0.2, 0.25) is 0 Å². The minimum atomic E-state index is -0.844. The third kappa shape index (κ3) is 6.34. The summed E-state index contributed by atoms with van der Waals surface area (Å²) in [5.41, 5.74) is -0.353. The Hall–Kier alpha value is -2.06. The third-order valence-corrected chi connectivity index (χ3v) is 4.68. The highest BCUT2D eigenvalue weighted by Gasteiger charge is 2.43. The highest BCUT2D eigenvalue weighted by Crippen LogP contribution is 2.35. The topological polar surface area (TPSA) is 88.1 Å². The van der Waals surface area contributed by atoms with Crippen LogP contribution in [0.1, 0.15) is 27.2 Å². The second-order valence-electron chi connectivity index (χ2n) is 5.80. The van der Waals surface area contributed by atoms with Crippen molar-refractivity contribution in [3.05, 3.63) is 30.3 Å². The van der Waals surface area contributed by atoms with Gasteiger partial charge in [0.1, 0.15) is 24.3 Å². The molecule has 1 saturated heterocycles. The Morgan fingerprint density at radius 2 is 1.69 bits per heavy atom. The van der Waals surface area contributed by atoms with E-state index in [1.54, 1.807) is 0 Å². The van der Waals surface area contributed by atoms with Gasteiger partial charge in [0.25, 0.3) is 0 Å². The van der Waals surface area contributed by atoms with Crippen molar-refractivity contribution in [1.82, 2.24) is 0 Å². The zero-order valence-corrected chi connectivity index (χ0v) is 15.7. The summed E-state index contributed by atoms with van der Waals surface area (Å²) in [4.78, 5) is 35.1. The van der Waals surface area contributed by atoms with Gasteiger partial charge in [0.15, 0.2) is 6.10 Å². The van der Waals surface area contributed by atoms with Gasteiger partial charge in [0.05, 0.1) is 0 Å². The smallest absolute Gasteiger partial charge is 0.303 e. The number of hydrogen-bond donors (Lipinski definition) is 0. The minimum Gasteiger partial charge on any atom is -0.463 e. The number of benzene rings is 1. The van der Waals surface area contributed by atoms with Gasteiger partial charge in [0, 0.05) is 32.1 Å². The second-order valence-corrected chi connectivity index (χ2v) is 7.03. The predicted octanol–water partition coefficient (Wildman–Crippen LogP) is 2.32. The lowest BCUT2D eigenvalue weighted by Gasteiger charge is -2.39. The lowest BCUT2D eigenvalue weighted by molar-refractivity contribution is -0.204. The summed E-state index contributed by atoms with van der Waals surface area (Å²) in [6.45, 7) is 3.74. The molecule has 8 heteroatoms. The van der Waals surface area contributed by atoms with E-state index in [1.807, 2.05) is 30.3 Å². The molecule has 1 aromatic carbocycles. The largest absolute Gasteiger partial charge is 0.463 e. The van der Waals surface area contributed by atoms with Gasteiger partial charge in [-0.2, -0.15) is 0 Å². The second kappa shape index (κ2) is 9.59. The summed E-state index contributed by atoms with van der Waals surface area (Å²) in [7, 11) is 0. The van der Waals surface area contributed by atoms with E-state index in [-0.39, 0.29) is 12.0 Å². The van der Waals surface area contributed by atoms with Gasteiger partial charge in [-0.3, -0.25) is 14.4 Å². The first kappa shape index (κ1) is 20.3. The van der Waals surface area contributed by atoms with Gasteiger partial charge in [-0.15, -0.1) is 0 Å². The molecular weight excluding hydrogens is 360 g/mol. The molecule has 1 aliphatic rings. The van der Waals surface area contributed by atoms with Crippen LogP contribution in [0.4, 0.5) is 0 Å². The molecule has 4 atom stereocenters. The van der Waals surface area contributed by atoms with Crippen molar-refractivity contribution in [3.63, 3.8) is 0 Å². The fourth-order valence-corrected chi connectivity index (χ4v) is 3.73. The maximum Gasteiger partial charge on any atom is 0.303 e. The van der Waals surface area contributed by atoms with Gasteiger partial charge in [-0.05, 0) is 12.1 Å². The summed E-state index contributed by atoms with van der Waals surface area (Å²) in [5.74, 6) is -1.49. The number of esters is 3. The summed E-state index contributed by atoms with van der Waals surface area (Å²) in [6.07, 6.45) is -1.93. The molecule has 2 rings (SSSR count). The maximum absolute atomic E-state index is 11.5. The van der Waals surface area contributed by atoms with E-state index < -0.39 is 36.2 Å². The van der Waals surface area contributed by atoms with Crippen LogP contribution < -0.4 is 0 Å². The number of rotatable bonds is 6. The van der Waals surface area contributed by atoms with Crippen molar-refractivity contribution in [2.75, 3.05) is 6.61 Å². The molecule has 0 bridgehead atoms. The SMILES string of the molecule is CC(=O)OC[C@H]1OC(Sc2ccccc2)C[C@@H](OC(C)=O)[C@@H]1OC(C)=O. The monoisotopic (exact) mass is 382 g/mol. The zero-order chi connectivity index (χ0) is 19.1. The molecule has 0 saturated carbocycles. The van der Waals surface area contributed by atoms with Gasteiger partial charge in [0.2, 0.25) is 0 Å². The molecule has 7 nitrogen and oxygen atoms in total. The number of hydrogen-bond acceptors (Lipinski definition) is 8. The van der Waals surface area contributed by atoms with Crippen molar-refractivity contribution in [1.29, 1.82) is 0 Å². The van der Waals surface area contributed by atoms with E-state index >= 15 is 0 Å². The lowest BCUT2D eigenvalue weighted by Crippen LogP contribution is -2.53. The van der Waals surface area contributed by atoms with E-state index in [0.717, 1.165) is 4.90 Å². The average molecular weight is 382 g/mol. The first-order chi connectivity index (χ1) is 12.3. The normalized spacial score (nSPS) is 25.2. The summed E-state index contributed by atoms with van der Waals surface area (Å²) >= 11 is 1.46. The van der Waals surface area contributed by atoms with Crippen LogP contribution in [0.15, 0.2) is 35.2 Å². The number of carbonyl (C=O) groups excluding carboxylic acids is 3. The number of ether oxygens (including phenoxy) is 4. The first-order valence-electron chi connectivity index (χ1n) is 8.20. The Labute approximate surface area is 156 Å². The van der Waals surface area contributed by atoms with Crippen LogP contribution >= 0.6 is 11.8 Å². The molecule has 1 heterocycles. The van der Waals surface area contributed by atoms with E-state index in [4.69, 9.17) is 18.9 Å². The fourth-order valence-electron chi connectivity index (χ4n) is 2.62. The van der Waals surface area contributed by atoms with Gasteiger partial charge >= 0.3 is 17.9 Å². The van der Waals surface area contributed by atoms with Crippen molar-refractivity contribution < 1.29 is 33.3 Å². The van der Waals surface area contributed by atoms with Crippen LogP contribution in [0.5, 0.6) is 0 Å². The molecule has 0 aliphatic carbocycles. The van der Waals surface area contributed by atoms with Crippen LogP contribution in [0, 0.1) is 0 Å². The Bertz CT molecular complexity index is 634. The summed E-state index contributed by atoms with van der Waals surface area (Å²) < 4.78 is 21.7. The van der Waals surface area contributed by atoms with Crippen molar-refractivity contribution in [3.8, 4) is 0 Å². The van der Waals surface area contributed by atoms with Crippen LogP contribution in [-0.2, 0) is 33.3 Å². The highest BCUT2D eigenvalue weighted by molar-refractivity contribution is 7.99. The van der Waals surface area contributed by atoms with E-state index in [9.17, 15) is 14.4 Å². The van der Waals surface area contributed by atoms with Crippen molar-refractivity contribution >= 4 is 29.7 Å². The Kier molecular flexibility index (Phi) is 7.47. The zero-order valence-electron chi connectivity index (χ0n) is 14.9. The molecule has 0 N–H and O–H groups in total. The third-order valence-electron chi connectivity index (χ3n) is 3.57. The Morgan fingerprint density at radius 1 is 1.04 bits per heavy atom. The first-order valence-corrected chi connectivity index (χ1v) is 9.08. The number of carbonyl (C=O) groups is 3. The van der Waals surface area contributed by atoms with Crippen molar-refractivity contribution in [2.24, 2.45) is 0 Å². The molecule has 1 unspecified atom stereocenters. The minimum absolute atomic E-state index is 0.100. The molecule has 0 spiro atoms. The number of thioether (sulfide) groups is 1. The van der Waals surface area contributed by atoms with Gasteiger partial charge in [-0.25, -0.2) is 0 Å². The van der Waals surface area contributed by atoms with Crippen LogP contribution in [0.3, 0.4) is 0 Å². The molecule has 26 heavy (non-hydrogen) atoms. The molecular formula is C18H22O7S. The molecule has 1 aliphatic heterocycles. The molecule has 0 amide bonds. The van der Waals surface area contributed by atoms with Gasteiger partial charge < -0.3 is 18.9 Å². The standard InChI is InChI=1S/C18H22O7S/c1-11(19)22-10-16-18(24-13(3)21)15(23-12(2)20)9-17(25-16)26-14-7-5-4-6-8-14/h4-8,15-18H,9-10H2,1-3H3/t15-,16-,17?,18+/m1/s1. The molecule has 1 fully saturated rings. The van der Waals surface area contributed by atoms with E-state index in [0.29, 0.717) is 6.42 Å². The maximum atomic E-state index is 11.5. The van der Waals surface area contributed by atoms with E-state index in [2.05, 4.69) is 0 Å². The summed E-state index contributed by atoms with van der Waals surface area (Å²) in [6, 6.07) is 9.61. The Morgan fingerprint density at radius 3 is 2.27 bits per heavy atom. The quantitative estimate of drug-likeness (QED) is 0.547. The molecule has 142 valence electrons. The molecule has 1 aromatic rings. The highest BCUT2D eigenvalue weighted by atomic mass is 32.2. The lowest BCUT2D eigenvalue weighted by atomic mass is 10.0. The average Bonchev–Trinajstić information content (AvgIpc) is 2.55.